The maximum atomic E-state index is 12.6. The van der Waals surface area contributed by atoms with Gasteiger partial charge in [-0.05, 0) is 35.0 Å². The number of sulfonamides is 1. The standard InChI is InChI=1S/C12H17BrN2O3S/c1-9(14)11-8-15(6-7-18-11)19(16,17)12-5-3-2-4-10(12)13/h2-5,9,11H,6-8,14H2,1H3. The lowest BCUT2D eigenvalue weighted by atomic mass is 10.2. The lowest BCUT2D eigenvalue weighted by Crippen LogP contribution is -2.51. The largest absolute Gasteiger partial charge is 0.374 e. The highest BCUT2D eigenvalue weighted by Gasteiger charge is 2.33. The third-order valence-electron chi connectivity index (χ3n) is 3.10. The first-order valence-electron chi connectivity index (χ1n) is 6.05. The van der Waals surface area contributed by atoms with Crippen LogP contribution in [-0.4, -0.2) is 44.6 Å². The van der Waals surface area contributed by atoms with Crippen LogP contribution in [0.4, 0.5) is 0 Å². The predicted octanol–water partition coefficient (Wildman–Crippen LogP) is 1.19. The minimum absolute atomic E-state index is 0.197. The molecule has 0 spiro atoms. The van der Waals surface area contributed by atoms with Crippen LogP contribution in [0.5, 0.6) is 0 Å². The highest BCUT2D eigenvalue weighted by atomic mass is 79.9. The Kier molecular flexibility index (Phi) is 4.62. The van der Waals surface area contributed by atoms with Crippen molar-refractivity contribution in [1.82, 2.24) is 4.31 Å². The van der Waals surface area contributed by atoms with Crippen molar-refractivity contribution in [2.45, 2.75) is 24.0 Å². The third-order valence-corrected chi connectivity index (χ3v) is 5.97. The molecule has 2 atom stereocenters. The lowest BCUT2D eigenvalue weighted by molar-refractivity contribution is -0.0120. The van der Waals surface area contributed by atoms with Crippen LogP contribution in [-0.2, 0) is 14.8 Å². The number of rotatable bonds is 3. The average Bonchev–Trinajstić information content (AvgIpc) is 2.39. The lowest BCUT2D eigenvalue weighted by Gasteiger charge is -2.34. The summed E-state index contributed by atoms with van der Waals surface area (Å²) < 4.78 is 32.6. The minimum Gasteiger partial charge on any atom is -0.374 e. The van der Waals surface area contributed by atoms with Gasteiger partial charge in [-0.1, -0.05) is 12.1 Å². The first-order valence-corrected chi connectivity index (χ1v) is 8.28. The van der Waals surface area contributed by atoms with E-state index < -0.39 is 10.0 Å². The summed E-state index contributed by atoms with van der Waals surface area (Å²) in [6.45, 7) is 2.84. The van der Waals surface area contributed by atoms with Crippen molar-refractivity contribution in [3.8, 4) is 0 Å². The SMILES string of the molecule is CC(N)C1CN(S(=O)(=O)c2ccccc2Br)CCO1. The second-order valence-electron chi connectivity index (χ2n) is 4.56. The number of hydrogen-bond acceptors (Lipinski definition) is 4. The van der Waals surface area contributed by atoms with Crippen molar-refractivity contribution in [1.29, 1.82) is 0 Å². The van der Waals surface area contributed by atoms with Crippen molar-refractivity contribution in [2.24, 2.45) is 5.73 Å². The zero-order valence-electron chi connectivity index (χ0n) is 10.6. The van der Waals surface area contributed by atoms with Gasteiger partial charge in [0.15, 0.2) is 0 Å². The number of nitrogens with zero attached hydrogens (tertiary/aromatic N) is 1. The maximum Gasteiger partial charge on any atom is 0.244 e. The zero-order valence-corrected chi connectivity index (χ0v) is 13.0. The molecular weight excluding hydrogens is 332 g/mol. The molecular formula is C12H17BrN2O3S. The Morgan fingerprint density at radius 1 is 1.47 bits per heavy atom. The van der Waals surface area contributed by atoms with Crippen LogP contribution < -0.4 is 5.73 Å². The van der Waals surface area contributed by atoms with Crippen LogP contribution in [0.3, 0.4) is 0 Å². The Morgan fingerprint density at radius 3 is 2.79 bits per heavy atom. The van der Waals surface area contributed by atoms with Gasteiger partial charge in [0.1, 0.15) is 0 Å². The molecule has 19 heavy (non-hydrogen) atoms. The van der Waals surface area contributed by atoms with Crippen LogP contribution in [0.2, 0.25) is 0 Å². The average molecular weight is 349 g/mol. The van der Waals surface area contributed by atoms with E-state index in [4.69, 9.17) is 10.5 Å². The van der Waals surface area contributed by atoms with E-state index in [1.807, 2.05) is 6.92 Å². The van der Waals surface area contributed by atoms with Crippen LogP contribution in [0, 0.1) is 0 Å². The summed E-state index contributed by atoms with van der Waals surface area (Å²) in [6.07, 6.45) is -0.258. The van der Waals surface area contributed by atoms with E-state index >= 15 is 0 Å². The molecule has 2 unspecified atom stereocenters. The summed E-state index contributed by atoms with van der Waals surface area (Å²) in [6, 6.07) is 6.61. The summed E-state index contributed by atoms with van der Waals surface area (Å²) in [5.74, 6) is 0. The first-order chi connectivity index (χ1) is 8.93. The third kappa shape index (κ3) is 3.17. The fourth-order valence-electron chi connectivity index (χ4n) is 1.98. The smallest absolute Gasteiger partial charge is 0.244 e. The number of halogens is 1. The molecule has 0 radical (unpaired) electrons. The van der Waals surface area contributed by atoms with Gasteiger partial charge < -0.3 is 10.5 Å². The zero-order chi connectivity index (χ0) is 14.0. The predicted molar refractivity (Wildman–Crippen MR) is 76.3 cm³/mol. The van der Waals surface area contributed by atoms with Gasteiger partial charge in [-0.3, -0.25) is 0 Å². The van der Waals surface area contributed by atoms with Gasteiger partial charge in [-0.25, -0.2) is 8.42 Å². The molecule has 2 N–H and O–H groups in total. The fraction of sp³-hybridized carbons (Fsp3) is 0.500. The van der Waals surface area contributed by atoms with Gasteiger partial charge in [0, 0.05) is 23.6 Å². The number of hydrogen-bond donors (Lipinski definition) is 1. The summed E-state index contributed by atoms with van der Waals surface area (Å²) in [4.78, 5) is 0.278. The van der Waals surface area contributed by atoms with Crippen molar-refractivity contribution < 1.29 is 13.2 Å². The Balaban J connectivity index is 2.28. The molecule has 1 aromatic carbocycles. The van der Waals surface area contributed by atoms with Gasteiger partial charge in [0.25, 0.3) is 0 Å². The van der Waals surface area contributed by atoms with E-state index in [9.17, 15) is 8.42 Å². The highest BCUT2D eigenvalue weighted by Crippen LogP contribution is 2.26. The monoisotopic (exact) mass is 348 g/mol. The molecule has 0 amide bonds. The summed E-state index contributed by atoms with van der Waals surface area (Å²) in [5.41, 5.74) is 5.79. The molecule has 1 heterocycles. The van der Waals surface area contributed by atoms with E-state index in [-0.39, 0.29) is 17.0 Å². The summed E-state index contributed by atoms with van der Waals surface area (Å²) in [5, 5.41) is 0. The molecule has 1 aliphatic rings. The van der Waals surface area contributed by atoms with Crippen molar-refractivity contribution in [3.05, 3.63) is 28.7 Å². The Labute approximate surface area is 121 Å². The van der Waals surface area contributed by atoms with Gasteiger partial charge in [-0.15, -0.1) is 0 Å². The van der Waals surface area contributed by atoms with Crippen molar-refractivity contribution in [2.75, 3.05) is 19.7 Å². The minimum atomic E-state index is -3.51. The quantitative estimate of drug-likeness (QED) is 0.890. The summed E-state index contributed by atoms with van der Waals surface area (Å²) in [7, 11) is -3.51. The topological polar surface area (TPSA) is 72.6 Å². The number of nitrogens with two attached hydrogens (primary N) is 1. The van der Waals surface area contributed by atoms with Gasteiger partial charge in [0.05, 0.1) is 17.6 Å². The summed E-state index contributed by atoms with van der Waals surface area (Å²) >= 11 is 3.28. The Morgan fingerprint density at radius 2 is 2.16 bits per heavy atom. The molecule has 0 saturated carbocycles. The number of benzene rings is 1. The number of ether oxygens (including phenoxy) is 1. The molecule has 0 aliphatic carbocycles. The Bertz CT molecular complexity index is 548. The molecule has 0 aromatic heterocycles. The van der Waals surface area contributed by atoms with Gasteiger partial charge in [-0.2, -0.15) is 4.31 Å². The van der Waals surface area contributed by atoms with E-state index in [1.165, 1.54) is 4.31 Å². The molecule has 1 aromatic rings. The molecule has 1 aliphatic heterocycles. The van der Waals surface area contributed by atoms with Crippen LogP contribution in [0.25, 0.3) is 0 Å². The molecule has 7 heteroatoms. The van der Waals surface area contributed by atoms with Crippen LogP contribution >= 0.6 is 15.9 Å². The van der Waals surface area contributed by atoms with Crippen molar-refractivity contribution in [3.63, 3.8) is 0 Å². The molecule has 1 saturated heterocycles. The molecule has 5 nitrogen and oxygen atoms in total. The van der Waals surface area contributed by atoms with Gasteiger partial charge >= 0.3 is 0 Å². The van der Waals surface area contributed by atoms with E-state index in [0.29, 0.717) is 24.2 Å². The second-order valence-corrected chi connectivity index (χ2v) is 7.32. The van der Waals surface area contributed by atoms with Gasteiger partial charge in [0.2, 0.25) is 10.0 Å². The molecule has 2 rings (SSSR count). The van der Waals surface area contributed by atoms with E-state index in [2.05, 4.69) is 15.9 Å². The number of morpholine rings is 1. The fourth-order valence-corrected chi connectivity index (χ4v) is 4.38. The molecule has 106 valence electrons. The van der Waals surface area contributed by atoms with Crippen LogP contribution in [0.15, 0.2) is 33.6 Å². The molecule has 0 bridgehead atoms. The Hall–Kier alpha value is -0.470. The second kappa shape index (κ2) is 5.88. The highest BCUT2D eigenvalue weighted by molar-refractivity contribution is 9.10. The van der Waals surface area contributed by atoms with Crippen LogP contribution in [0.1, 0.15) is 6.92 Å². The normalized spacial score (nSPS) is 23.2. The van der Waals surface area contributed by atoms with Crippen molar-refractivity contribution >= 4 is 26.0 Å². The van der Waals surface area contributed by atoms with E-state index in [1.54, 1.807) is 24.3 Å². The maximum absolute atomic E-state index is 12.6. The first kappa shape index (κ1) is 14.9. The molecule has 1 fully saturated rings. The van der Waals surface area contributed by atoms with E-state index in [0.717, 1.165) is 0 Å².